The summed E-state index contributed by atoms with van der Waals surface area (Å²) in [5.41, 5.74) is 4.73. The Morgan fingerprint density at radius 1 is 1.17 bits per heavy atom. The molecule has 0 unspecified atom stereocenters. The number of hydrogen-bond donors (Lipinski definition) is 1. The Morgan fingerprint density at radius 3 is 2.33 bits per heavy atom. The molecule has 3 heteroatoms. The number of allylic oxidation sites excluding steroid dienone is 6. The third kappa shape index (κ3) is 7.91. The molecule has 0 spiro atoms. The van der Waals surface area contributed by atoms with E-state index in [2.05, 4.69) is 62.3 Å². The number of rotatable bonds is 12. The van der Waals surface area contributed by atoms with Crippen LogP contribution in [0.4, 0.5) is 0 Å². The second-order valence-corrected chi connectivity index (χ2v) is 5.45. The molecule has 0 amide bonds. The first-order valence-corrected chi connectivity index (χ1v) is 8.60. The summed E-state index contributed by atoms with van der Waals surface area (Å²) in [5, 5.41) is 3.24. The molecule has 3 nitrogen and oxygen atoms in total. The van der Waals surface area contributed by atoms with Crippen molar-refractivity contribution in [1.29, 1.82) is 0 Å². The minimum absolute atomic E-state index is 0.747. The molecule has 0 fully saturated rings. The van der Waals surface area contributed by atoms with Crippen LogP contribution in [0.15, 0.2) is 65.5 Å². The van der Waals surface area contributed by atoms with Gasteiger partial charge in [0.1, 0.15) is 13.8 Å². The van der Waals surface area contributed by atoms with Crippen LogP contribution < -0.4 is 5.32 Å². The smallest absolute Gasteiger partial charge is 0.185 e. The minimum Gasteiger partial charge on any atom is -0.382 e. The van der Waals surface area contributed by atoms with Crippen LogP contribution in [0.5, 0.6) is 0 Å². The maximum atomic E-state index is 4.50. The van der Waals surface area contributed by atoms with Gasteiger partial charge >= 0.3 is 0 Å². The molecule has 0 radical (unpaired) electrons. The third-order valence-corrected chi connectivity index (χ3v) is 3.74. The molecular weight excluding hydrogens is 294 g/mol. The Labute approximate surface area is 148 Å². The van der Waals surface area contributed by atoms with Gasteiger partial charge in [0.25, 0.3) is 0 Å². The maximum Gasteiger partial charge on any atom is 0.185 e. The van der Waals surface area contributed by atoms with E-state index < -0.39 is 0 Å². The van der Waals surface area contributed by atoms with Crippen LogP contribution in [0.3, 0.4) is 0 Å². The van der Waals surface area contributed by atoms with E-state index in [0.717, 1.165) is 43.6 Å². The lowest BCUT2D eigenvalue weighted by molar-refractivity contribution is -0.437. The molecule has 0 bridgehead atoms. The van der Waals surface area contributed by atoms with Gasteiger partial charge in [-0.25, -0.2) is 4.58 Å². The molecule has 0 saturated heterocycles. The van der Waals surface area contributed by atoms with Gasteiger partial charge in [0, 0.05) is 43.4 Å². The number of aliphatic imine (C=N–C) groups is 1. The molecule has 0 aliphatic carbocycles. The van der Waals surface area contributed by atoms with Crippen LogP contribution >= 0.6 is 0 Å². The van der Waals surface area contributed by atoms with Gasteiger partial charge in [-0.3, -0.25) is 4.99 Å². The van der Waals surface area contributed by atoms with E-state index in [-0.39, 0.29) is 0 Å². The van der Waals surface area contributed by atoms with Crippen LogP contribution in [0.1, 0.15) is 39.5 Å². The van der Waals surface area contributed by atoms with E-state index in [1.807, 2.05) is 30.8 Å². The second kappa shape index (κ2) is 13.3. The van der Waals surface area contributed by atoms with Crippen molar-refractivity contribution in [2.75, 3.05) is 20.6 Å². The number of nitrogens with zero attached hydrogens (tertiary/aromatic N) is 2. The van der Waals surface area contributed by atoms with Crippen molar-refractivity contribution < 1.29 is 4.58 Å². The highest BCUT2D eigenvalue weighted by Crippen LogP contribution is 2.17. The summed E-state index contributed by atoms with van der Waals surface area (Å²) in [6, 6.07) is 0. The van der Waals surface area contributed by atoms with Gasteiger partial charge < -0.3 is 5.32 Å². The van der Waals surface area contributed by atoms with Crippen molar-refractivity contribution in [2.45, 2.75) is 39.5 Å². The average Bonchev–Trinajstić information content (AvgIpc) is 2.58. The normalized spacial score (nSPS) is 13.7. The predicted octanol–water partition coefficient (Wildman–Crippen LogP) is 4.66. The molecule has 132 valence electrons. The first-order chi connectivity index (χ1) is 11.5. The van der Waals surface area contributed by atoms with Gasteiger partial charge in [0.15, 0.2) is 5.70 Å². The molecule has 24 heavy (non-hydrogen) atoms. The zero-order valence-corrected chi connectivity index (χ0v) is 15.9. The molecule has 1 N–H and O–H groups in total. The van der Waals surface area contributed by atoms with Gasteiger partial charge in [-0.15, -0.1) is 6.58 Å². The van der Waals surface area contributed by atoms with Crippen LogP contribution in [-0.2, 0) is 0 Å². The Balaban J connectivity index is 4.92. The zero-order chi connectivity index (χ0) is 18.4. The predicted molar refractivity (Wildman–Crippen MR) is 109 cm³/mol. The molecule has 0 aromatic carbocycles. The van der Waals surface area contributed by atoms with E-state index in [9.17, 15) is 0 Å². The average molecular weight is 329 g/mol. The summed E-state index contributed by atoms with van der Waals surface area (Å²) in [6.45, 7) is 16.6. The fourth-order valence-corrected chi connectivity index (χ4v) is 2.54. The fraction of sp³-hybridized carbons (Fsp3) is 0.429. The molecule has 0 saturated carbocycles. The molecule has 0 aromatic rings. The molecule has 0 atom stereocenters. The standard InChI is InChI=1S/C21H34N3/c1-8-17-23-18(9-2)15-13-12-14-16-20(22-5)19(10-3)21(11-4)24(6)7/h8-9,12,14-15,23H,1-2,6,10-11,13,16-17H2,3-5,7H3/q+1. The van der Waals surface area contributed by atoms with E-state index in [1.54, 1.807) is 0 Å². The van der Waals surface area contributed by atoms with Crippen LogP contribution in [0.25, 0.3) is 0 Å². The molecule has 0 aromatic heterocycles. The molecule has 0 heterocycles. The van der Waals surface area contributed by atoms with Gasteiger partial charge in [-0.05, 0) is 18.9 Å². The van der Waals surface area contributed by atoms with Gasteiger partial charge in [-0.1, -0.05) is 44.7 Å². The highest BCUT2D eigenvalue weighted by Gasteiger charge is 2.15. The van der Waals surface area contributed by atoms with Crippen molar-refractivity contribution in [2.24, 2.45) is 4.99 Å². The molecule has 0 aliphatic heterocycles. The van der Waals surface area contributed by atoms with E-state index in [4.69, 9.17) is 0 Å². The van der Waals surface area contributed by atoms with Crippen LogP contribution in [-0.4, -0.2) is 37.6 Å². The molecular formula is C21H34N3+. The SMILES string of the molecule is C=CCNC(C=C)=CCC=CCC(=NC)C(CC)=C(CC)[N+](=C)C. The van der Waals surface area contributed by atoms with E-state index >= 15 is 0 Å². The van der Waals surface area contributed by atoms with Crippen molar-refractivity contribution >= 4 is 12.4 Å². The maximum absolute atomic E-state index is 4.50. The Morgan fingerprint density at radius 2 is 1.88 bits per heavy atom. The van der Waals surface area contributed by atoms with Gasteiger partial charge in [0.05, 0.1) is 0 Å². The first kappa shape index (κ1) is 21.8. The minimum atomic E-state index is 0.747. The van der Waals surface area contributed by atoms with Crippen LogP contribution in [0.2, 0.25) is 0 Å². The lowest BCUT2D eigenvalue weighted by Crippen LogP contribution is -2.12. The summed E-state index contributed by atoms with van der Waals surface area (Å²) in [5.74, 6) is 0. The quantitative estimate of drug-likeness (QED) is 0.240. The Hall–Kier alpha value is -2.16. The topological polar surface area (TPSA) is 27.4 Å². The lowest BCUT2D eigenvalue weighted by Gasteiger charge is -2.10. The summed E-state index contributed by atoms with van der Waals surface area (Å²) in [4.78, 5) is 4.50. The summed E-state index contributed by atoms with van der Waals surface area (Å²) in [7, 11) is 3.86. The van der Waals surface area contributed by atoms with E-state index in [0.29, 0.717) is 0 Å². The number of hydrogen-bond acceptors (Lipinski definition) is 2. The summed E-state index contributed by atoms with van der Waals surface area (Å²) in [6.07, 6.45) is 13.8. The first-order valence-electron chi connectivity index (χ1n) is 8.60. The van der Waals surface area contributed by atoms with Crippen molar-refractivity contribution in [3.05, 3.63) is 60.5 Å². The third-order valence-electron chi connectivity index (χ3n) is 3.74. The Bertz CT molecular complexity index is 545. The summed E-state index contributed by atoms with van der Waals surface area (Å²) >= 11 is 0. The largest absolute Gasteiger partial charge is 0.382 e. The lowest BCUT2D eigenvalue weighted by atomic mass is 10.0. The van der Waals surface area contributed by atoms with Crippen molar-refractivity contribution in [3.63, 3.8) is 0 Å². The highest BCUT2D eigenvalue weighted by atomic mass is 15.0. The fourth-order valence-electron chi connectivity index (χ4n) is 2.54. The highest BCUT2D eigenvalue weighted by molar-refractivity contribution is 6.01. The van der Waals surface area contributed by atoms with Crippen molar-refractivity contribution in [3.8, 4) is 0 Å². The monoisotopic (exact) mass is 328 g/mol. The molecule has 0 rings (SSSR count). The van der Waals surface area contributed by atoms with Crippen LogP contribution in [0, 0.1) is 0 Å². The van der Waals surface area contributed by atoms with Crippen molar-refractivity contribution in [1.82, 2.24) is 5.32 Å². The second-order valence-electron chi connectivity index (χ2n) is 5.45. The molecule has 0 aliphatic rings. The number of nitrogens with one attached hydrogen (secondary N) is 1. The van der Waals surface area contributed by atoms with E-state index in [1.165, 1.54) is 11.3 Å². The van der Waals surface area contributed by atoms with Gasteiger partial charge in [0.2, 0.25) is 0 Å². The summed E-state index contributed by atoms with van der Waals surface area (Å²) < 4.78 is 1.96. The van der Waals surface area contributed by atoms with Gasteiger partial charge in [-0.2, -0.15) is 0 Å². The zero-order valence-electron chi connectivity index (χ0n) is 15.9. The Kier molecular flexibility index (Phi) is 12.1.